The van der Waals surface area contributed by atoms with Crippen molar-refractivity contribution in [2.45, 2.75) is 0 Å². The highest BCUT2D eigenvalue weighted by Gasteiger charge is 2.09. The lowest BCUT2D eigenvalue weighted by atomic mass is 10.1. The summed E-state index contributed by atoms with van der Waals surface area (Å²) in [6, 6.07) is 12.3. The molecule has 1 aromatic carbocycles. The first kappa shape index (κ1) is 12.0. The molecule has 0 aliphatic heterocycles. The first-order valence-corrected chi connectivity index (χ1v) is 6.31. The van der Waals surface area contributed by atoms with E-state index < -0.39 is 0 Å². The molecule has 2 heterocycles. The van der Waals surface area contributed by atoms with Gasteiger partial charge in [-0.2, -0.15) is 4.98 Å². The molecule has 0 bridgehead atoms. The highest BCUT2D eigenvalue weighted by molar-refractivity contribution is 6.28. The smallest absolute Gasteiger partial charge is 0.243 e. The first-order valence-electron chi connectivity index (χ1n) is 5.94. The second-order valence-electron chi connectivity index (χ2n) is 4.52. The predicted molar refractivity (Wildman–Crippen MR) is 77.8 cm³/mol. The molecular formula is C14H13ClN4. The second-order valence-corrected chi connectivity index (χ2v) is 4.85. The molecule has 0 spiro atoms. The lowest BCUT2D eigenvalue weighted by Crippen LogP contribution is -2.08. The average Bonchev–Trinajstić information content (AvgIpc) is 2.78. The minimum Gasteiger partial charge on any atom is -0.378 e. The fraction of sp³-hybridized carbons (Fsp3) is 0.143. The number of rotatable bonds is 2. The predicted octanol–water partition coefficient (Wildman–Crippen LogP) is 3.12. The third-order valence-corrected chi connectivity index (χ3v) is 3.17. The maximum Gasteiger partial charge on any atom is 0.243 e. The van der Waals surface area contributed by atoms with Crippen LogP contribution in [0.2, 0.25) is 5.28 Å². The first-order chi connectivity index (χ1) is 9.15. The molecule has 3 aromatic rings. The van der Waals surface area contributed by atoms with E-state index in [9.17, 15) is 0 Å². The monoisotopic (exact) mass is 272 g/mol. The molecule has 19 heavy (non-hydrogen) atoms. The van der Waals surface area contributed by atoms with Crippen molar-refractivity contribution in [3.8, 4) is 11.1 Å². The highest BCUT2D eigenvalue weighted by Crippen LogP contribution is 2.27. The molecule has 0 radical (unpaired) electrons. The van der Waals surface area contributed by atoms with E-state index in [0.29, 0.717) is 0 Å². The van der Waals surface area contributed by atoms with E-state index >= 15 is 0 Å². The Labute approximate surface area is 116 Å². The molecule has 2 aromatic heterocycles. The van der Waals surface area contributed by atoms with Gasteiger partial charge in [0.15, 0.2) is 5.65 Å². The summed E-state index contributed by atoms with van der Waals surface area (Å²) in [6.07, 6.45) is 1.84. The van der Waals surface area contributed by atoms with Crippen molar-refractivity contribution in [3.63, 3.8) is 0 Å². The summed E-state index contributed by atoms with van der Waals surface area (Å²) < 4.78 is 1.69. The van der Waals surface area contributed by atoms with Crippen molar-refractivity contribution >= 4 is 22.9 Å². The van der Waals surface area contributed by atoms with Crippen molar-refractivity contribution in [2.24, 2.45) is 0 Å². The van der Waals surface area contributed by atoms with Crippen molar-refractivity contribution in [2.75, 3.05) is 19.0 Å². The zero-order valence-electron chi connectivity index (χ0n) is 10.7. The minimum atomic E-state index is 0.260. The van der Waals surface area contributed by atoms with E-state index in [2.05, 4.69) is 33.2 Å². The average molecular weight is 273 g/mol. The molecular weight excluding hydrogens is 260 g/mol. The van der Waals surface area contributed by atoms with Crippen LogP contribution in [0.3, 0.4) is 0 Å². The molecule has 0 aliphatic rings. The van der Waals surface area contributed by atoms with Gasteiger partial charge in [0.05, 0.1) is 0 Å². The SMILES string of the molecule is CN(C)c1cccc(-c2cccn3nc(Cl)nc23)c1. The van der Waals surface area contributed by atoms with Crippen LogP contribution in [-0.4, -0.2) is 28.7 Å². The van der Waals surface area contributed by atoms with Crippen LogP contribution in [0.25, 0.3) is 16.8 Å². The minimum absolute atomic E-state index is 0.260. The lowest BCUT2D eigenvalue weighted by Gasteiger charge is -2.13. The number of aromatic nitrogens is 3. The highest BCUT2D eigenvalue weighted by atomic mass is 35.5. The number of fused-ring (bicyclic) bond motifs is 1. The topological polar surface area (TPSA) is 33.4 Å². The normalized spacial score (nSPS) is 10.9. The fourth-order valence-corrected chi connectivity index (χ4v) is 2.22. The standard InChI is InChI=1S/C14H13ClN4/c1-18(2)11-6-3-5-10(9-11)12-7-4-8-19-13(12)16-14(15)17-19/h3-9H,1-2H3. The van der Waals surface area contributed by atoms with Crippen LogP contribution in [0, 0.1) is 0 Å². The summed E-state index contributed by atoms with van der Waals surface area (Å²) in [5, 5.41) is 4.38. The Balaban J connectivity index is 2.21. The summed E-state index contributed by atoms with van der Waals surface area (Å²) >= 11 is 5.87. The summed E-state index contributed by atoms with van der Waals surface area (Å²) in [5.74, 6) is 0. The number of hydrogen-bond acceptors (Lipinski definition) is 3. The molecule has 4 nitrogen and oxygen atoms in total. The molecule has 0 saturated heterocycles. The number of anilines is 1. The van der Waals surface area contributed by atoms with Crippen molar-refractivity contribution in [1.29, 1.82) is 0 Å². The maximum absolute atomic E-state index is 5.87. The zero-order chi connectivity index (χ0) is 13.4. The molecule has 0 saturated carbocycles. The van der Waals surface area contributed by atoms with Crippen LogP contribution < -0.4 is 4.90 Å². The fourth-order valence-electron chi connectivity index (χ4n) is 2.06. The van der Waals surface area contributed by atoms with E-state index in [1.807, 2.05) is 38.5 Å². The number of benzene rings is 1. The molecule has 0 unspecified atom stereocenters. The molecule has 0 N–H and O–H groups in total. The van der Waals surface area contributed by atoms with Gasteiger partial charge in [0, 0.05) is 31.5 Å². The summed E-state index contributed by atoms with van der Waals surface area (Å²) in [4.78, 5) is 6.34. The summed E-state index contributed by atoms with van der Waals surface area (Å²) in [7, 11) is 4.04. The van der Waals surface area contributed by atoms with Crippen LogP contribution in [0.1, 0.15) is 0 Å². The summed E-state index contributed by atoms with van der Waals surface area (Å²) in [6.45, 7) is 0. The Morgan fingerprint density at radius 3 is 2.79 bits per heavy atom. The van der Waals surface area contributed by atoms with Crippen LogP contribution in [0.15, 0.2) is 42.6 Å². The quantitative estimate of drug-likeness (QED) is 0.719. The van der Waals surface area contributed by atoms with Gasteiger partial charge in [-0.05, 0) is 41.4 Å². The largest absolute Gasteiger partial charge is 0.378 e. The molecule has 0 amide bonds. The Hall–Kier alpha value is -2.07. The van der Waals surface area contributed by atoms with Gasteiger partial charge in [-0.1, -0.05) is 12.1 Å². The van der Waals surface area contributed by atoms with Gasteiger partial charge in [-0.25, -0.2) is 4.52 Å². The van der Waals surface area contributed by atoms with Crippen LogP contribution >= 0.6 is 11.6 Å². The van der Waals surface area contributed by atoms with Gasteiger partial charge in [0.1, 0.15) is 0 Å². The number of halogens is 1. The Morgan fingerprint density at radius 1 is 1.16 bits per heavy atom. The maximum atomic E-state index is 5.87. The van der Waals surface area contributed by atoms with Gasteiger partial charge in [0.2, 0.25) is 5.28 Å². The molecule has 3 rings (SSSR count). The van der Waals surface area contributed by atoms with Gasteiger partial charge in [-0.15, -0.1) is 5.10 Å². The number of hydrogen-bond donors (Lipinski definition) is 0. The molecule has 0 aliphatic carbocycles. The summed E-state index contributed by atoms with van der Waals surface area (Å²) in [5.41, 5.74) is 4.03. The van der Waals surface area contributed by atoms with Crippen LogP contribution in [0.4, 0.5) is 5.69 Å². The second kappa shape index (κ2) is 4.55. The molecule has 0 atom stereocenters. The van der Waals surface area contributed by atoms with Crippen LogP contribution in [-0.2, 0) is 0 Å². The lowest BCUT2D eigenvalue weighted by molar-refractivity contribution is 0.962. The van der Waals surface area contributed by atoms with Gasteiger partial charge in [-0.3, -0.25) is 0 Å². The number of pyridine rings is 1. The van der Waals surface area contributed by atoms with Gasteiger partial charge >= 0.3 is 0 Å². The van der Waals surface area contributed by atoms with Gasteiger partial charge < -0.3 is 4.90 Å². The Morgan fingerprint density at radius 2 is 2.00 bits per heavy atom. The van der Waals surface area contributed by atoms with E-state index in [4.69, 9.17) is 11.6 Å². The van der Waals surface area contributed by atoms with Crippen LogP contribution in [0.5, 0.6) is 0 Å². The van der Waals surface area contributed by atoms with E-state index in [-0.39, 0.29) is 5.28 Å². The van der Waals surface area contributed by atoms with E-state index in [1.165, 1.54) is 0 Å². The molecule has 5 heteroatoms. The molecule has 0 fully saturated rings. The Kier molecular flexibility index (Phi) is 2.87. The van der Waals surface area contributed by atoms with E-state index in [1.54, 1.807) is 4.52 Å². The Bertz CT molecular complexity index is 733. The van der Waals surface area contributed by atoms with Gasteiger partial charge in [0.25, 0.3) is 0 Å². The third-order valence-electron chi connectivity index (χ3n) is 3.01. The molecule has 96 valence electrons. The number of nitrogens with zero attached hydrogens (tertiary/aromatic N) is 4. The van der Waals surface area contributed by atoms with Crippen molar-refractivity contribution < 1.29 is 0 Å². The van der Waals surface area contributed by atoms with Crippen molar-refractivity contribution in [1.82, 2.24) is 14.6 Å². The zero-order valence-corrected chi connectivity index (χ0v) is 11.5. The van der Waals surface area contributed by atoms with E-state index in [0.717, 1.165) is 22.5 Å². The third kappa shape index (κ3) is 2.15. The van der Waals surface area contributed by atoms with Crippen molar-refractivity contribution in [3.05, 3.63) is 47.9 Å².